The van der Waals surface area contributed by atoms with Crippen molar-refractivity contribution in [3.8, 4) is 11.3 Å². The SMILES string of the molecule is Cc1ccc(-c2cnc([C@H](C)CC(=O)[C@H](CC(=O)N3CCCC[C@@H]3C(F)(F)F)NC(=O)CCC(C)C)[nH]2)c(F)c1. The van der Waals surface area contributed by atoms with Crippen molar-refractivity contribution in [3.63, 3.8) is 0 Å². The molecule has 2 heterocycles. The summed E-state index contributed by atoms with van der Waals surface area (Å²) < 4.78 is 55.2. The fourth-order valence-electron chi connectivity index (χ4n) is 4.90. The van der Waals surface area contributed by atoms with Crippen LogP contribution in [0.2, 0.25) is 0 Å². The van der Waals surface area contributed by atoms with Gasteiger partial charge in [-0.3, -0.25) is 14.4 Å². The molecule has 1 aliphatic rings. The Labute approximate surface area is 232 Å². The number of halogens is 4. The van der Waals surface area contributed by atoms with E-state index in [9.17, 15) is 31.9 Å². The predicted molar refractivity (Wildman–Crippen MR) is 143 cm³/mol. The fourth-order valence-corrected chi connectivity index (χ4v) is 4.90. The molecule has 11 heteroatoms. The molecule has 40 heavy (non-hydrogen) atoms. The number of hydrogen-bond acceptors (Lipinski definition) is 4. The molecule has 7 nitrogen and oxygen atoms in total. The summed E-state index contributed by atoms with van der Waals surface area (Å²) in [6, 6.07) is 1.62. The zero-order valence-electron chi connectivity index (χ0n) is 23.4. The zero-order valence-corrected chi connectivity index (χ0v) is 23.4. The van der Waals surface area contributed by atoms with Crippen molar-refractivity contribution in [3.05, 3.63) is 41.6 Å². The topological polar surface area (TPSA) is 95.2 Å². The lowest BCUT2D eigenvalue weighted by molar-refractivity contribution is -0.196. The molecule has 0 radical (unpaired) electrons. The summed E-state index contributed by atoms with van der Waals surface area (Å²) >= 11 is 0. The highest BCUT2D eigenvalue weighted by Gasteiger charge is 2.46. The zero-order chi connectivity index (χ0) is 29.6. The van der Waals surface area contributed by atoms with Crippen LogP contribution in [0.5, 0.6) is 0 Å². The maximum absolute atomic E-state index is 14.4. The standard InChI is InChI=1S/C29H38F4N4O3/c1-17(2)8-11-26(39)35-22(15-27(40)37-12-6-5-7-25(37)29(31,32)33)24(38)14-19(4)28-34-16-23(36-28)20-10-9-18(3)13-21(20)30/h9-10,13,16-17,19,22,25H,5-8,11-12,14-15H2,1-4H3,(H,34,36)(H,35,39)/t19-,22+,25-/m1/s1. The Morgan fingerprint density at radius 2 is 1.88 bits per heavy atom. The third kappa shape index (κ3) is 8.38. The number of imidazole rings is 1. The van der Waals surface area contributed by atoms with E-state index in [1.807, 2.05) is 13.8 Å². The van der Waals surface area contributed by atoms with Crippen LogP contribution in [0.25, 0.3) is 11.3 Å². The van der Waals surface area contributed by atoms with Crippen LogP contribution in [0.4, 0.5) is 17.6 Å². The van der Waals surface area contributed by atoms with E-state index in [1.54, 1.807) is 26.0 Å². The maximum atomic E-state index is 14.4. The van der Waals surface area contributed by atoms with E-state index in [1.165, 1.54) is 12.3 Å². The average molecular weight is 567 g/mol. The van der Waals surface area contributed by atoms with Crippen LogP contribution in [0.3, 0.4) is 0 Å². The Hall–Kier alpha value is -3.24. The number of nitrogens with one attached hydrogen (secondary N) is 2. The number of hydrogen-bond donors (Lipinski definition) is 2. The minimum Gasteiger partial charge on any atom is -0.346 e. The van der Waals surface area contributed by atoms with E-state index in [4.69, 9.17) is 0 Å². The van der Waals surface area contributed by atoms with Crippen LogP contribution in [-0.4, -0.2) is 57.3 Å². The van der Waals surface area contributed by atoms with E-state index in [-0.39, 0.29) is 31.7 Å². The lowest BCUT2D eigenvalue weighted by atomic mass is 9.95. The second kappa shape index (κ2) is 13.4. The van der Waals surface area contributed by atoms with Gasteiger partial charge in [0.05, 0.1) is 24.4 Å². The summed E-state index contributed by atoms with van der Waals surface area (Å²) in [5.41, 5.74) is 1.52. The van der Waals surface area contributed by atoms with Gasteiger partial charge in [0, 0.05) is 30.9 Å². The number of rotatable bonds is 11. The smallest absolute Gasteiger partial charge is 0.346 e. The maximum Gasteiger partial charge on any atom is 0.408 e. The number of carbonyl (C=O) groups excluding carboxylic acids is 3. The summed E-state index contributed by atoms with van der Waals surface area (Å²) in [6.07, 6.45) is -2.49. The third-order valence-corrected chi connectivity index (χ3v) is 7.24. The molecule has 1 fully saturated rings. The molecule has 1 aromatic heterocycles. The van der Waals surface area contributed by atoms with Crippen molar-refractivity contribution in [2.75, 3.05) is 6.54 Å². The molecule has 1 aliphatic heterocycles. The molecule has 220 valence electrons. The van der Waals surface area contributed by atoms with Gasteiger partial charge in [-0.05, 0) is 56.2 Å². The van der Waals surface area contributed by atoms with E-state index >= 15 is 0 Å². The molecule has 0 bridgehead atoms. The number of carbonyl (C=O) groups is 3. The van der Waals surface area contributed by atoms with E-state index in [0.717, 1.165) is 10.5 Å². The van der Waals surface area contributed by atoms with Gasteiger partial charge in [-0.15, -0.1) is 0 Å². The Kier molecular flexibility index (Phi) is 10.5. The molecular weight excluding hydrogens is 528 g/mol. The number of nitrogens with zero attached hydrogens (tertiary/aromatic N) is 2. The Morgan fingerprint density at radius 3 is 2.52 bits per heavy atom. The summed E-state index contributed by atoms with van der Waals surface area (Å²) in [5, 5.41) is 2.60. The number of piperidine rings is 1. The highest BCUT2D eigenvalue weighted by molar-refractivity contribution is 5.93. The van der Waals surface area contributed by atoms with Crippen LogP contribution in [0.15, 0.2) is 24.4 Å². The summed E-state index contributed by atoms with van der Waals surface area (Å²) in [7, 11) is 0. The summed E-state index contributed by atoms with van der Waals surface area (Å²) in [5.74, 6) is -2.00. The fraction of sp³-hybridized carbons (Fsp3) is 0.586. The molecule has 0 unspecified atom stereocenters. The summed E-state index contributed by atoms with van der Waals surface area (Å²) in [6.45, 7) is 7.32. The number of aromatic nitrogens is 2. The molecular formula is C29H38F4N4O3. The Balaban J connectivity index is 1.75. The Morgan fingerprint density at radius 1 is 1.15 bits per heavy atom. The van der Waals surface area contributed by atoms with Gasteiger partial charge in [0.2, 0.25) is 11.8 Å². The molecule has 1 aromatic carbocycles. The number of benzene rings is 1. The Bertz CT molecular complexity index is 1190. The molecule has 0 aliphatic carbocycles. The largest absolute Gasteiger partial charge is 0.408 e. The molecule has 1 saturated heterocycles. The van der Waals surface area contributed by atoms with Crippen molar-refractivity contribution < 1.29 is 31.9 Å². The van der Waals surface area contributed by atoms with Crippen LogP contribution in [0, 0.1) is 18.7 Å². The number of alkyl halides is 3. The quantitative estimate of drug-likeness (QED) is 0.334. The van der Waals surface area contributed by atoms with Crippen LogP contribution in [-0.2, 0) is 14.4 Å². The van der Waals surface area contributed by atoms with Gasteiger partial charge in [0.15, 0.2) is 5.78 Å². The lowest BCUT2D eigenvalue weighted by Crippen LogP contribution is -2.53. The van der Waals surface area contributed by atoms with Gasteiger partial charge in [0.25, 0.3) is 0 Å². The van der Waals surface area contributed by atoms with Gasteiger partial charge in [-0.1, -0.05) is 26.8 Å². The molecule has 2 amide bonds. The molecule has 3 rings (SSSR count). The third-order valence-electron chi connectivity index (χ3n) is 7.24. The van der Waals surface area contributed by atoms with Gasteiger partial charge < -0.3 is 15.2 Å². The molecule has 0 saturated carbocycles. The van der Waals surface area contributed by atoms with Crippen molar-refractivity contribution >= 4 is 17.6 Å². The van der Waals surface area contributed by atoms with E-state index in [2.05, 4.69) is 15.3 Å². The molecule has 0 spiro atoms. The van der Waals surface area contributed by atoms with Gasteiger partial charge in [-0.2, -0.15) is 13.2 Å². The van der Waals surface area contributed by atoms with Crippen molar-refractivity contribution in [2.45, 2.75) is 96.8 Å². The van der Waals surface area contributed by atoms with Crippen LogP contribution >= 0.6 is 0 Å². The normalized spacial score (nSPS) is 17.5. The number of likely N-dealkylation sites (tertiary alicyclic amines) is 1. The average Bonchev–Trinajstić information content (AvgIpc) is 3.36. The number of ketones is 1. The number of Topliss-reactive ketones (excluding diaryl/α,β-unsaturated/α-hetero) is 1. The van der Waals surface area contributed by atoms with E-state index < -0.39 is 54.0 Å². The number of aryl methyl sites for hydroxylation is 1. The second-order valence-corrected chi connectivity index (χ2v) is 11.1. The van der Waals surface area contributed by atoms with Crippen molar-refractivity contribution in [2.24, 2.45) is 5.92 Å². The van der Waals surface area contributed by atoms with Gasteiger partial charge in [0.1, 0.15) is 17.7 Å². The first kappa shape index (κ1) is 31.3. The molecule has 2 aromatic rings. The minimum absolute atomic E-state index is 0.0492. The first-order chi connectivity index (χ1) is 18.8. The monoisotopic (exact) mass is 566 g/mol. The first-order valence-electron chi connectivity index (χ1n) is 13.8. The number of amides is 2. The lowest BCUT2D eigenvalue weighted by Gasteiger charge is -2.37. The highest BCUT2D eigenvalue weighted by Crippen LogP contribution is 2.32. The number of H-pyrrole nitrogens is 1. The van der Waals surface area contributed by atoms with Crippen molar-refractivity contribution in [1.29, 1.82) is 0 Å². The molecule has 3 atom stereocenters. The predicted octanol–water partition coefficient (Wildman–Crippen LogP) is 5.84. The van der Waals surface area contributed by atoms with E-state index in [0.29, 0.717) is 36.3 Å². The minimum atomic E-state index is -4.57. The second-order valence-electron chi connectivity index (χ2n) is 11.1. The van der Waals surface area contributed by atoms with Gasteiger partial charge in [-0.25, -0.2) is 9.37 Å². The first-order valence-corrected chi connectivity index (χ1v) is 13.8. The van der Waals surface area contributed by atoms with Crippen LogP contribution in [0.1, 0.15) is 83.0 Å². The molecule has 2 N–H and O–H groups in total. The summed E-state index contributed by atoms with van der Waals surface area (Å²) in [4.78, 5) is 47.1. The van der Waals surface area contributed by atoms with Gasteiger partial charge >= 0.3 is 6.18 Å². The van der Waals surface area contributed by atoms with Crippen LogP contribution < -0.4 is 5.32 Å². The number of aromatic amines is 1. The van der Waals surface area contributed by atoms with Crippen molar-refractivity contribution in [1.82, 2.24) is 20.2 Å². The highest BCUT2D eigenvalue weighted by atomic mass is 19.4.